The van der Waals surface area contributed by atoms with Crippen molar-refractivity contribution in [3.8, 4) is 11.5 Å². The highest BCUT2D eigenvalue weighted by Crippen LogP contribution is 2.40. The summed E-state index contributed by atoms with van der Waals surface area (Å²) < 4.78 is 22.3. The second-order valence-corrected chi connectivity index (χ2v) is 7.18. The highest BCUT2D eigenvalue weighted by Gasteiger charge is 2.44. The first-order chi connectivity index (χ1) is 14.1. The van der Waals surface area contributed by atoms with E-state index in [1.165, 1.54) is 0 Å². The van der Waals surface area contributed by atoms with Gasteiger partial charge in [0.15, 0.2) is 11.6 Å². The van der Waals surface area contributed by atoms with E-state index in [4.69, 9.17) is 18.9 Å². The standard InChI is InChI=1S/C24H24O5/c1-26-21-7-3-17(4-8-21)13-19-15-24(28-11-12-29-24)16-20(23(19)25)14-18-5-9-22(27-2)10-6-18/h3-10,13-14H,11-12,15-16H2,1-2H3/b19-13+,20-14+. The van der Waals surface area contributed by atoms with Crippen LogP contribution in [-0.2, 0) is 14.3 Å². The quantitative estimate of drug-likeness (QED) is 0.727. The van der Waals surface area contributed by atoms with Crippen LogP contribution >= 0.6 is 0 Å². The average molecular weight is 392 g/mol. The van der Waals surface area contributed by atoms with Crippen LogP contribution < -0.4 is 9.47 Å². The molecule has 2 fully saturated rings. The highest BCUT2D eigenvalue weighted by atomic mass is 16.7. The molecule has 0 N–H and O–H groups in total. The van der Waals surface area contributed by atoms with Gasteiger partial charge >= 0.3 is 0 Å². The predicted molar refractivity (Wildman–Crippen MR) is 111 cm³/mol. The SMILES string of the molecule is COc1ccc(/C=C2\CC3(C/C(=C\c4ccc(OC)cc4)C2=O)OCCO3)cc1. The van der Waals surface area contributed by atoms with Gasteiger partial charge in [0.05, 0.1) is 27.4 Å². The minimum Gasteiger partial charge on any atom is -0.497 e. The van der Waals surface area contributed by atoms with Crippen molar-refractivity contribution in [1.82, 2.24) is 0 Å². The molecule has 1 spiro atoms. The summed E-state index contributed by atoms with van der Waals surface area (Å²) in [6.45, 7) is 1.08. The lowest BCUT2D eigenvalue weighted by atomic mass is 9.82. The number of ketones is 1. The van der Waals surface area contributed by atoms with E-state index in [2.05, 4.69) is 0 Å². The topological polar surface area (TPSA) is 54.0 Å². The Morgan fingerprint density at radius 3 is 1.55 bits per heavy atom. The zero-order valence-corrected chi connectivity index (χ0v) is 16.6. The Bertz CT molecular complexity index is 861. The van der Waals surface area contributed by atoms with E-state index in [1.807, 2.05) is 60.7 Å². The lowest BCUT2D eigenvalue weighted by Gasteiger charge is -2.33. The molecule has 0 aromatic heterocycles. The molecular formula is C24H24O5. The number of Topliss-reactive ketones (excluding diaryl/α,β-unsaturated/α-hetero) is 1. The van der Waals surface area contributed by atoms with Crippen LogP contribution in [0.4, 0.5) is 0 Å². The first-order valence-electron chi connectivity index (χ1n) is 9.63. The molecule has 4 rings (SSSR count). The van der Waals surface area contributed by atoms with Gasteiger partial charge in [0, 0.05) is 24.0 Å². The summed E-state index contributed by atoms with van der Waals surface area (Å²) in [6, 6.07) is 15.3. The summed E-state index contributed by atoms with van der Waals surface area (Å²) in [7, 11) is 3.26. The summed E-state index contributed by atoms with van der Waals surface area (Å²) in [5.41, 5.74) is 3.24. The van der Waals surface area contributed by atoms with Crippen LogP contribution in [0, 0.1) is 0 Å². The van der Waals surface area contributed by atoms with Crippen LogP contribution in [0.3, 0.4) is 0 Å². The highest BCUT2D eigenvalue weighted by molar-refractivity contribution is 6.14. The number of hydrogen-bond acceptors (Lipinski definition) is 5. The van der Waals surface area contributed by atoms with E-state index in [1.54, 1.807) is 14.2 Å². The van der Waals surface area contributed by atoms with E-state index in [9.17, 15) is 4.79 Å². The third-order valence-electron chi connectivity index (χ3n) is 5.23. The fraction of sp³-hybridized carbons (Fsp3) is 0.292. The maximum Gasteiger partial charge on any atom is 0.185 e. The van der Waals surface area contributed by atoms with E-state index in [-0.39, 0.29) is 5.78 Å². The Kier molecular flexibility index (Phi) is 5.51. The van der Waals surface area contributed by atoms with Crippen LogP contribution in [-0.4, -0.2) is 39.0 Å². The van der Waals surface area contributed by atoms with Crippen LogP contribution in [0.25, 0.3) is 12.2 Å². The molecule has 5 nitrogen and oxygen atoms in total. The first-order valence-corrected chi connectivity index (χ1v) is 9.63. The molecule has 2 aromatic carbocycles. The Labute approximate surface area is 170 Å². The van der Waals surface area contributed by atoms with Gasteiger partial charge < -0.3 is 18.9 Å². The van der Waals surface area contributed by atoms with Gasteiger partial charge in [-0.1, -0.05) is 24.3 Å². The minimum absolute atomic E-state index is 0.0290. The molecule has 1 aliphatic carbocycles. The lowest BCUT2D eigenvalue weighted by molar-refractivity contribution is -0.161. The van der Waals surface area contributed by atoms with Gasteiger partial charge in [-0.25, -0.2) is 0 Å². The Balaban J connectivity index is 1.68. The molecular weight excluding hydrogens is 368 g/mol. The Morgan fingerprint density at radius 1 is 0.759 bits per heavy atom. The number of rotatable bonds is 4. The third-order valence-corrected chi connectivity index (χ3v) is 5.23. The molecule has 0 bridgehead atoms. The predicted octanol–water partition coefficient (Wildman–Crippen LogP) is 4.28. The van der Waals surface area contributed by atoms with Crippen LogP contribution in [0.15, 0.2) is 59.7 Å². The molecule has 150 valence electrons. The van der Waals surface area contributed by atoms with Crippen molar-refractivity contribution < 1.29 is 23.7 Å². The molecule has 0 amide bonds. The number of carbonyl (C=O) groups is 1. The number of carbonyl (C=O) groups excluding carboxylic acids is 1. The van der Waals surface area contributed by atoms with Crippen molar-refractivity contribution in [2.45, 2.75) is 18.6 Å². The first kappa shape index (κ1) is 19.4. The average Bonchev–Trinajstić information content (AvgIpc) is 3.20. The second-order valence-electron chi connectivity index (χ2n) is 7.18. The Hall–Kier alpha value is -2.89. The van der Waals surface area contributed by atoms with Crippen molar-refractivity contribution >= 4 is 17.9 Å². The molecule has 0 radical (unpaired) electrons. The Morgan fingerprint density at radius 2 is 1.17 bits per heavy atom. The van der Waals surface area contributed by atoms with Crippen molar-refractivity contribution in [1.29, 1.82) is 0 Å². The molecule has 1 saturated heterocycles. The van der Waals surface area contributed by atoms with Gasteiger partial charge in [0.1, 0.15) is 11.5 Å². The smallest absolute Gasteiger partial charge is 0.185 e. The molecule has 0 atom stereocenters. The number of hydrogen-bond donors (Lipinski definition) is 0. The normalized spacial score (nSPS) is 21.1. The van der Waals surface area contributed by atoms with Gasteiger partial charge in [-0.15, -0.1) is 0 Å². The maximum absolute atomic E-state index is 13.2. The van der Waals surface area contributed by atoms with Crippen LogP contribution in [0.2, 0.25) is 0 Å². The van der Waals surface area contributed by atoms with Gasteiger partial charge in [0.25, 0.3) is 0 Å². The number of benzene rings is 2. The fourth-order valence-corrected chi connectivity index (χ4v) is 3.75. The summed E-state index contributed by atoms with van der Waals surface area (Å²) in [5.74, 6) is 0.827. The van der Waals surface area contributed by atoms with Gasteiger partial charge in [-0.3, -0.25) is 4.79 Å². The summed E-state index contributed by atoms with van der Waals surface area (Å²) in [4.78, 5) is 13.2. The van der Waals surface area contributed by atoms with Gasteiger partial charge in [0.2, 0.25) is 0 Å². The molecule has 0 unspecified atom stereocenters. The van der Waals surface area contributed by atoms with E-state index in [0.29, 0.717) is 37.2 Å². The molecule has 1 heterocycles. The second kappa shape index (κ2) is 8.23. The summed E-state index contributed by atoms with van der Waals surface area (Å²) in [6.07, 6.45) is 4.71. The largest absolute Gasteiger partial charge is 0.497 e. The third kappa shape index (κ3) is 4.26. The minimum atomic E-state index is -0.759. The van der Waals surface area contributed by atoms with Crippen LogP contribution in [0.5, 0.6) is 11.5 Å². The van der Waals surface area contributed by atoms with E-state index >= 15 is 0 Å². The summed E-state index contributed by atoms with van der Waals surface area (Å²) >= 11 is 0. The van der Waals surface area contributed by atoms with Crippen molar-refractivity contribution in [2.24, 2.45) is 0 Å². The monoisotopic (exact) mass is 392 g/mol. The zero-order valence-electron chi connectivity index (χ0n) is 16.6. The maximum atomic E-state index is 13.2. The molecule has 1 aliphatic heterocycles. The van der Waals surface area contributed by atoms with E-state index in [0.717, 1.165) is 22.6 Å². The summed E-state index contributed by atoms with van der Waals surface area (Å²) in [5, 5.41) is 0. The van der Waals surface area contributed by atoms with E-state index < -0.39 is 5.79 Å². The van der Waals surface area contributed by atoms with Crippen molar-refractivity contribution in [3.63, 3.8) is 0 Å². The molecule has 5 heteroatoms. The molecule has 2 aliphatic rings. The molecule has 29 heavy (non-hydrogen) atoms. The molecule has 2 aromatic rings. The van der Waals surface area contributed by atoms with Crippen molar-refractivity contribution in [2.75, 3.05) is 27.4 Å². The number of ether oxygens (including phenoxy) is 4. The van der Waals surface area contributed by atoms with Crippen molar-refractivity contribution in [3.05, 3.63) is 70.8 Å². The zero-order chi connectivity index (χ0) is 20.3. The van der Waals surface area contributed by atoms with Gasteiger partial charge in [-0.2, -0.15) is 0 Å². The molecule has 1 saturated carbocycles. The number of methoxy groups -OCH3 is 2. The fourth-order valence-electron chi connectivity index (χ4n) is 3.75. The lowest BCUT2D eigenvalue weighted by Crippen LogP contribution is -2.38. The van der Waals surface area contributed by atoms with Gasteiger partial charge in [-0.05, 0) is 47.5 Å². The van der Waals surface area contributed by atoms with Crippen LogP contribution in [0.1, 0.15) is 24.0 Å².